The van der Waals surface area contributed by atoms with Gasteiger partial charge in [0.1, 0.15) is 4.75 Å². The minimum Gasteiger partial charge on any atom is -0.480 e. The number of rotatable bonds is 7. The van der Waals surface area contributed by atoms with Crippen LogP contribution in [-0.4, -0.2) is 15.8 Å². The Morgan fingerprint density at radius 3 is 2.15 bits per heavy atom. The summed E-state index contributed by atoms with van der Waals surface area (Å²) in [5, 5.41) is 9.69. The second-order valence-corrected chi connectivity index (χ2v) is 7.53. The molecule has 20 heavy (non-hydrogen) atoms. The molecule has 0 unspecified atom stereocenters. The molecule has 1 aliphatic rings. The lowest BCUT2D eigenvalue weighted by molar-refractivity contribution is -0.147. The molecular weight excluding hydrogens is 268 g/mol. The van der Waals surface area contributed by atoms with Crippen LogP contribution in [0.5, 0.6) is 0 Å². The van der Waals surface area contributed by atoms with E-state index in [1.807, 2.05) is 30.3 Å². The summed E-state index contributed by atoms with van der Waals surface area (Å²) >= 11 is 1.54. The van der Waals surface area contributed by atoms with E-state index in [2.05, 4.69) is 13.8 Å². The van der Waals surface area contributed by atoms with E-state index in [0.29, 0.717) is 0 Å². The second-order valence-electron chi connectivity index (χ2n) is 6.07. The highest BCUT2D eigenvalue weighted by Crippen LogP contribution is 2.61. The lowest BCUT2D eigenvalue weighted by Gasteiger charge is -2.54. The first-order chi connectivity index (χ1) is 9.56. The van der Waals surface area contributed by atoms with Crippen molar-refractivity contribution in [1.29, 1.82) is 0 Å². The van der Waals surface area contributed by atoms with Crippen LogP contribution in [0.2, 0.25) is 0 Å². The molecule has 1 aliphatic carbocycles. The first-order valence-corrected chi connectivity index (χ1v) is 8.35. The van der Waals surface area contributed by atoms with Crippen LogP contribution in [0.4, 0.5) is 0 Å². The van der Waals surface area contributed by atoms with Crippen molar-refractivity contribution in [2.75, 3.05) is 0 Å². The zero-order chi connectivity index (χ0) is 14.6. The van der Waals surface area contributed by atoms with Crippen LogP contribution >= 0.6 is 11.8 Å². The third kappa shape index (κ3) is 3.03. The fourth-order valence-corrected chi connectivity index (χ4v) is 5.27. The topological polar surface area (TPSA) is 37.3 Å². The molecule has 1 aromatic rings. The Kier molecular flexibility index (Phi) is 4.79. The van der Waals surface area contributed by atoms with Gasteiger partial charge in [0.2, 0.25) is 0 Å². The smallest absolute Gasteiger partial charge is 0.320 e. The molecule has 0 spiro atoms. The molecule has 110 valence electrons. The number of carbonyl (C=O) groups is 1. The van der Waals surface area contributed by atoms with E-state index in [-0.39, 0.29) is 5.41 Å². The van der Waals surface area contributed by atoms with E-state index in [4.69, 9.17) is 0 Å². The number of hydrogen-bond acceptors (Lipinski definition) is 2. The van der Waals surface area contributed by atoms with Crippen LogP contribution in [0, 0.1) is 5.41 Å². The lowest BCUT2D eigenvalue weighted by Crippen LogP contribution is -2.54. The van der Waals surface area contributed by atoms with Gasteiger partial charge in [-0.1, -0.05) is 44.9 Å². The summed E-state index contributed by atoms with van der Waals surface area (Å²) in [6, 6.07) is 9.94. The van der Waals surface area contributed by atoms with E-state index in [1.54, 1.807) is 11.8 Å². The van der Waals surface area contributed by atoms with Crippen LogP contribution in [-0.2, 0) is 4.79 Å². The van der Waals surface area contributed by atoms with E-state index in [0.717, 1.165) is 43.4 Å². The molecule has 1 N–H and O–H groups in total. The van der Waals surface area contributed by atoms with Crippen LogP contribution in [0.25, 0.3) is 0 Å². The van der Waals surface area contributed by atoms with Gasteiger partial charge in [0.05, 0.1) is 0 Å². The molecule has 0 bridgehead atoms. The van der Waals surface area contributed by atoms with Gasteiger partial charge in [-0.2, -0.15) is 0 Å². The fourth-order valence-electron chi connectivity index (χ4n) is 3.68. The van der Waals surface area contributed by atoms with Gasteiger partial charge in [-0.3, -0.25) is 4.79 Å². The Morgan fingerprint density at radius 1 is 1.15 bits per heavy atom. The third-order valence-electron chi connectivity index (χ3n) is 4.33. The van der Waals surface area contributed by atoms with Gasteiger partial charge in [0.25, 0.3) is 0 Å². The van der Waals surface area contributed by atoms with Gasteiger partial charge >= 0.3 is 5.97 Å². The van der Waals surface area contributed by atoms with E-state index in [9.17, 15) is 9.90 Å². The second kappa shape index (κ2) is 6.21. The number of carboxylic acid groups (broad SMARTS) is 1. The van der Waals surface area contributed by atoms with Crippen molar-refractivity contribution in [3.8, 4) is 0 Å². The number of benzene rings is 1. The van der Waals surface area contributed by atoms with Gasteiger partial charge in [0.15, 0.2) is 0 Å². The summed E-state index contributed by atoms with van der Waals surface area (Å²) in [7, 11) is 0. The number of hydrogen-bond donors (Lipinski definition) is 1. The molecule has 2 nitrogen and oxygen atoms in total. The molecular formula is C17H24O2S. The molecule has 0 aliphatic heterocycles. The predicted octanol–water partition coefficient (Wildman–Crippen LogP) is 4.98. The summed E-state index contributed by atoms with van der Waals surface area (Å²) < 4.78 is -0.605. The molecule has 3 heteroatoms. The standard InChI is InChI=1S/C17H24O2S/c1-3-10-16(11-4-2)12-17(13-16,15(18)19)20-14-8-6-5-7-9-14/h5-9H,3-4,10-13H2,1-2H3,(H,18,19). The van der Waals surface area contributed by atoms with E-state index < -0.39 is 10.7 Å². The molecule has 0 saturated heterocycles. The maximum absolute atomic E-state index is 11.8. The van der Waals surface area contributed by atoms with Crippen molar-refractivity contribution < 1.29 is 9.90 Å². The monoisotopic (exact) mass is 292 g/mol. The number of aliphatic carboxylic acids is 1. The normalized spacial score (nSPS) is 19.3. The summed E-state index contributed by atoms with van der Waals surface area (Å²) in [6.45, 7) is 4.39. The summed E-state index contributed by atoms with van der Waals surface area (Å²) in [5.74, 6) is -0.644. The minimum absolute atomic E-state index is 0.268. The highest BCUT2D eigenvalue weighted by atomic mass is 32.2. The maximum atomic E-state index is 11.8. The Hall–Kier alpha value is -0.960. The maximum Gasteiger partial charge on any atom is 0.320 e. The molecule has 2 rings (SSSR count). The predicted molar refractivity (Wildman–Crippen MR) is 84.1 cm³/mol. The molecule has 1 fully saturated rings. The van der Waals surface area contributed by atoms with Crippen molar-refractivity contribution in [2.24, 2.45) is 5.41 Å². The van der Waals surface area contributed by atoms with Crippen LogP contribution in [0.1, 0.15) is 52.4 Å². The number of thioether (sulfide) groups is 1. The first kappa shape index (κ1) is 15.4. The minimum atomic E-state index is -0.644. The van der Waals surface area contributed by atoms with Crippen molar-refractivity contribution >= 4 is 17.7 Å². The Bertz CT molecular complexity index is 441. The van der Waals surface area contributed by atoms with E-state index in [1.165, 1.54) is 0 Å². The van der Waals surface area contributed by atoms with Crippen LogP contribution in [0.3, 0.4) is 0 Å². The summed E-state index contributed by atoms with van der Waals surface area (Å²) in [4.78, 5) is 12.8. The van der Waals surface area contributed by atoms with Gasteiger partial charge in [-0.15, -0.1) is 11.8 Å². The molecule has 1 aromatic carbocycles. The van der Waals surface area contributed by atoms with Crippen molar-refractivity contribution in [3.05, 3.63) is 30.3 Å². The zero-order valence-electron chi connectivity index (χ0n) is 12.4. The molecule has 0 atom stereocenters. The Balaban J connectivity index is 2.12. The van der Waals surface area contributed by atoms with Gasteiger partial charge in [0, 0.05) is 4.90 Å². The Morgan fingerprint density at radius 2 is 1.70 bits per heavy atom. The van der Waals surface area contributed by atoms with Crippen molar-refractivity contribution in [2.45, 2.75) is 62.0 Å². The van der Waals surface area contributed by atoms with Gasteiger partial charge in [-0.05, 0) is 43.2 Å². The molecule has 0 aromatic heterocycles. The quantitative estimate of drug-likeness (QED) is 0.770. The van der Waals surface area contributed by atoms with E-state index >= 15 is 0 Å². The largest absolute Gasteiger partial charge is 0.480 e. The SMILES string of the molecule is CCCC1(CCC)CC(Sc2ccccc2)(C(=O)O)C1. The van der Waals surface area contributed by atoms with Crippen molar-refractivity contribution in [3.63, 3.8) is 0 Å². The highest BCUT2D eigenvalue weighted by Gasteiger charge is 2.58. The third-order valence-corrected chi connectivity index (χ3v) is 5.69. The summed E-state index contributed by atoms with van der Waals surface area (Å²) in [5.41, 5.74) is 0.268. The highest BCUT2D eigenvalue weighted by molar-refractivity contribution is 8.01. The number of carboxylic acids is 1. The molecule has 0 amide bonds. The van der Waals surface area contributed by atoms with Crippen LogP contribution < -0.4 is 0 Å². The lowest BCUT2D eigenvalue weighted by atomic mass is 9.57. The molecule has 1 saturated carbocycles. The van der Waals surface area contributed by atoms with Gasteiger partial charge in [-0.25, -0.2) is 0 Å². The average molecular weight is 292 g/mol. The average Bonchev–Trinajstić information content (AvgIpc) is 2.38. The first-order valence-electron chi connectivity index (χ1n) is 7.53. The Labute approximate surface area is 126 Å². The fraction of sp³-hybridized carbons (Fsp3) is 0.588. The summed E-state index contributed by atoms with van der Waals surface area (Å²) in [6.07, 6.45) is 6.24. The molecule has 0 radical (unpaired) electrons. The molecule has 0 heterocycles. The van der Waals surface area contributed by atoms with Gasteiger partial charge < -0.3 is 5.11 Å². The zero-order valence-corrected chi connectivity index (χ0v) is 13.2. The van der Waals surface area contributed by atoms with Crippen LogP contribution in [0.15, 0.2) is 35.2 Å². The van der Waals surface area contributed by atoms with Crippen molar-refractivity contribution in [1.82, 2.24) is 0 Å².